The molecular weight excluding hydrogens is 438 g/mol. The zero-order valence-electron chi connectivity index (χ0n) is 16.6. The van der Waals surface area contributed by atoms with E-state index < -0.39 is 21.8 Å². The van der Waals surface area contributed by atoms with Crippen LogP contribution in [0.15, 0.2) is 77.7 Å². The Morgan fingerprint density at radius 3 is 2.39 bits per heavy atom. The molecule has 2 amide bonds. The van der Waals surface area contributed by atoms with Crippen LogP contribution < -0.4 is 15.4 Å². The van der Waals surface area contributed by atoms with Gasteiger partial charge in [0, 0.05) is 22.0 Å². The summed E-state index contributed by atoms with van der Waals surface area (Å²) in [6, 6.07) is 19.0. The van der Waals surface area contributed by atoms with Crippen LogP contribution in [0, 0.1) is 6.92 Å². The van der Waals surface area contributed by atoms with Gasteiger partial charge < -0.3 is 10.6 Å². The Balaban J connectivity index is 1.62. The molecule has 9 heteroatoms. The molecule has 0 atom stereocenters. The summed E-state index contributed by atoms with van der Waals surface area (Å²) >= 11 is 6.03. The zero-order valence-corrected chi connectivity index (χ0v) is 18.1. The van der Waals surface area contributed by atoms with Gasteiger partial charge in [-0.2, -0.15) is 0 Å². The molecule has 0 aromatic heterocycles. The Labute approximate surface area is 185 Å². The number of hydrogen-bond acceptors (Lipinski definition) is 4. The fraction of sp³-hybridized carbons (Fsp3) is 0.0909. The quantitative estimate of drug-likeness (QED) is 0.501. The molecule has 0 unspecified atom stereocenters. The maximum atomic E-state index is 12.4. The number of amides is 2. The summed E-state index contributed by atoms with van der Waals surface area (Å²) in [5.41, 5.74) is 1.72. The first-order valence-electron chi connectivity index (χ1n) is 9.27. The molecule has 160 valence electrons. The number of nitrogens with one attached hydrogen (secondary N) is 3. The summed E-state index contributed by atoms with van der Waals surface area (Å²) in [7, 11) is -3.78. The van der Waals surface area contributed by atoms with Crippen molar-refractivity contribution in [2.24, 2.45) is 0 Å². The van der Waals surface area contributed by atoms with Gasteiger partial charge in [0.2, 0.25) is 5.91 Å². The Hall–Kier alpha value is -3.36. The summed E-state index contributed by atoms with van der Waals surface area (Å²) in [4.78, 5) is 24.7. The van der Waals surface area contributed by atoms with Crippen molar-refractivity contribution in [3.63, 3.8) is 0 Å². The molecule has 3 aromatic rings. The first-order chi connectivity index (χ1) is 14.8. The van der Waals surface area contributed by atoms with Crippen LogP contribution in [0.5, 0.6) is 0 Å². The van der Waals surface area contributed by atoms with Gasteiger partial charge in [0.25, 0.3) is 15.9 Å². The van der Waals surface area contributed by atoms with Gasteiger partial charge in [-0.25, -0.2) is 8.42 Å². The van der Waals surface area contributed by atoms with Crippen LogP contribution >= 0.6 is 11.6 Å². The van der Waals surface area contributed by atoms with Gasteiger partial charge in [0.1, 0.15) is 0 Å². The molecule has 0 aliphatic carbocycles. The van der Waals surface area contributed by atoms with E-state index in [-0.39, 0.29) is 22.7 Å². The lowest BCUT2D eigenvalue weighted by atomic mass is 10.2. The highest BCUT2D eigenvalue weighted by Crippen LogP contribution is 2.22. The van der Waals surface area contributed by atoms with Crippen molar-refractivity contribution in [2.45, 2.75) is 11.8 Å². The van der Waals surface area contributed by atoms with Crippen molar-refractivity contribution in [1.29, 1.82) is 0 Å². The molecule has 0 saturated carbocycles. The van der Waals surface area contributed by atoms with Gasteiger partial charge >= 0.3 is 0 Å². The van der Waals surface area contributed by atoms with E-state index in [2.05, 4.69) is 15.4 Å². The molecule has 0 spiro atoms. The molecule has 3 aromatic carbocycles. The van der Waals surface area contributed by atoms with Crippen molar-refractivity contribution < 1.29 is 18.0 Å². The highest BCUT2D eigenvalue weighted by Gasteiger charge is 2.15. The minimum atomic E-state index is -3.78. The van der Waals surface area contributed by atoms with Gasteiger partial charge in [0.05, 0.1) is 11.4 Å². The fourth-order valence-electron chi connectivity index (χ4n) is 2.74. The van der Waals surface area contributed by atoms with E-state index in [1.807, 2.05) is 0 Å². The van der Waals surface area contributed by atoms with E-state index in [0.717, 1.165) is 5.56 Å². The first kappa shape index (κ1) is 22.3. The van der Waals surface area contributed by atoms with E-state index in [1.54, 1.807) is 49.4 Å². The number of hydrogen-bond donors (Lipinski definition) is 3. The van der Waals surface area contributed by atoms with Gasteiger partial charge in [-0.3, -0.25) is 14.3 Å². The minimum absolute atomic E-state index is 0.109. The van der Waals surface area contributed by atoms with Crippen LogP contribution in [0.4, 0.5) is 11.4 Å². The molecule has 0 fully saturated rings. The SMILES string of the molecule is Cc1c(Cl)cccc1NC(=O)CNC(=O)c1cccc(NS(=O)(=O)c2ccccc2)c1. The average molecular weight is 458 g/mol. The van der Waals surface area contributed by atoms with E-state index in [0.29, 0.717) is 10.7 Å². The molecule has 0 heterocycles. The molecule has 0 bridgehead atoms. The van der Waals surface area contributed by atoms with Crippen molar-refractivity contribution in [3.05, 3.63) is 88.9 Å². The summed E-state index contributed by atoms with van der Waals surface area (Å²) in [5, 5.41) is 5.73. The predicted octanol–water partition coefficient (Wildman–Crippen LogP) is 3.82. The van der Waals surface area contributed by atoms with Crippen LogP contribution in [-0.4, -0.2) is 26.8 Å². The lowest BCUT2D eigenvalue weighted by molar-refractivity contribution is -0.115. The topological polar surface area (TPSA) is 104 Å². The van der Waals surface area contributed by atoms with Crippen molar-refractivity contribution in [1.82, 2.24) is 5.32 Å². The Morgan fingerprint density at radius 2 is 1.65 bits per heavy atom. The van der Waals surface area contributed by atoms with E-state index in [1.165, 1.54) is 30.3 Å². The summed E-state index contributed by atoms with van der Waals surface area (Å²) in [6.07, 6.45) is 0. The normalized spacial score (nSPS) is 10.9. The van der Waals surface area contributed by atoms with Crippen LogP contribution in [0.25, 0.3) is 0 Å². The molecule has 31 heavy (non-hydrogen) atoms. The number of benzene rings is 3. The number of anilines is 2. The molecular formula is C22H20ClN3O4S. The molecule has 3 rings (SSSR count). The zero-order chi connectivity index (χ0) is 22.4. The molecule has 0 aliphatic heterocycles. The second kappa shape index (κ2) is 9.63. The van der Waals surface area contributed by atoms with E-state index >= 15 is 0 Å². The largest absolute Gasteiger partial charge is 0.343 e. The lowest BCUT2D eigenvalue weighted by Gasteiger charge is -2.11. The second-order valence-corrected chi connectivity index (χ2v) is 8.73. The Kier molecular flexibility index (Phi) is 6.94. The molecule has 0 radical (unpaired) electrons. The van der Waals surface area contributed by atoms with E-state index in [4.69, 9.17) is 11.6 Å². The number of rotatable bonds is 7. The second-order valence-electron chi connectivity index (χ2n) is 6.64. The third-order valence-electron chi connectivity index (χ3n) is 4.38. The summed E-state index contributed by atoms with van der Waals surface area (Å²) in [5.74, 6) is -0.932. The van der Waals surface area contributed by atoms with E-state index in [9.17, 15) is 18.0 Å². The van der Waals surface area contributed by atoms with Crippen LogP contribution in [0.3, 0.4) is 0 Å². The Morgan fingerprint density at radius 1 is 0.935 bits per heavy atom. The van der Waals surface area contributed by atoms with Crippen molar-refractivity contribution >= 4 is 44.8 Å². The van der Waals surface area contributed by atoms with Crippen molar-refractivity contribution in [3.8, 4) is 0 Å². The predicted molar refractivity (Wildman–Crippen MR) is 121 cm³/mol. The molecule has 0 saturated heterocycles. The third kappa shape index (κ3) is 5.84. The highest BCUT2D eigenvalue weighted by molar-refractivity contribution is 7.92. The Bertz CT molecular complexity index is 1210. The van der Waals surface area contributed by atoms with Gasteiger partial charge in [-0.1, -0.05) is 41.9 Å². The fourth-order valence-corrected chi connectivity index (χ4v) is 3.98. The van der Waals surface area contributed by atoms with Gasteiger partial charge in [0.15, 0.2) is 0 Å². The molecule has 7 nitrogen and oxygen atoms in total. The monoisotopic (exact) mass is 457 g/mol. The smallest absolute Gasteiger partial charge is 0.261 e. The number of carbonyl (C=O) groups excluding carboxylic acids is 2. The minimum Gasteiger partial charge on any atom is -0.343 e. The van der Waals surface area contributed by atoms with Gasteiger partial charge in [-0.05, 0) is 55.0 Å². The number of sulfonamides is 1. The molecule has 0 aliphatic rings. The first-order valence-corrected chi connectivity index (χ1v) is 11.1. The van der Waals surface area contributed by atoms with Crippen LogP contribution in [0.1, 0.15) is 15.9 Å². The number of halogens is 1. The maximum absolute atomic E-state index is 12.4. The van der Waals surface area contributed by atoms with Crippen LogP contribution in [0.2, 0.25) is 5.02 Å². The third-order valence-corrected chi connectivity index (χ3v) is 6.19. The van der Waals surface area contributed by atoms with Crippen molar-refractivity contribution in [2.75, 3.05) is 16.6 Å². The summed E-state index contributed by atoms with van der Waals surface area (Å²) in [6.45, 7) is 1.52. The average Bonchev–Trinajstić information content (AvgIpc) is 2.76. The number of carbonyl (C=O) groups is 2. The lowest BCUT2D eigenvalue weighted by Crippen LogP contribution is -2.33. The standard InChI is InChI=1S/C22H20ClN3O4S/c1-15-19(23)11-6-12-20(15)25-21(27)14-24-22(28)16-7-5-8-17(13-16)26-31(29,30)18-9-3-2-4-10-18/h2-13,26H,14H2,1H3,(H,24,28)(H,25,27). The summed E-state index contributed by atoms with van der Waals surface area (Å²) < 4.78 is 27.3. The van der Waals surface area contributed by atoms with Gasteiger partial charge in [-0.15, -0.1) is 0 Å². The van der Waals surface area contributed by atoms with Crippen LogP contribution in [-0.2, 0) is 14.8 Å². The maximum Gasteiger partial charge on any atom is 0.261 e. The molecule has 3 N–H and O–H groups in total. The highest BCUT2D eigenvalue weighted by atomic mass is 35.5.